The highest BCUT2D eigenvalue weighted by molar-refractivity contribution is 9.08. The summed E-state index contributed by atoms with van der Waals surface area (Å²) in [5, 5.41) is 1.66. The fraction of sp³-hybridized carbons (Fsp3) is 0.0769. The van der Waals surface area contributed by atoms with Crippen LogP contribution in [0.4, 0.5) is 0 Å². The number of rotatable bonds is 5. The van der Waals surface area contributed by atoms with Crippen LogP contribution in [0.25, 0.3) is 33.4 Å². The second kappa shape index (κ2) is 8.89. The van der Waals surface area contributed by atoms with E-state index in [2.05, 4.69) is 129 Å². The summed E-state index contributed by atoms with van der Waals surface area (Å²) in [4.78, 5) is 0. The third-order valence-electron chi connectivity index (χ3n) is 5.03. The first-order valence-electron chi connectivity index (χ1n) is 9.30. The number of hydrogen-bond acceptors (Lipinski definition) is 0. The molecule has 0 heterocycles. The lowest BCUT2D eigenvalue weighted by molar-refractivity contribution is 1.40. The highest BCUT2D eigenvalue weighted by Crippen LogP contribution is 2.42. The molecule has 0 aromatic heterocycles. The molecule has 4 aromatic rings. The lowest BCUT2D eigenvalue weighted by Crippen LogP contribution is -1.95. The van der Waals surface area contributed by atoms with Gasteiger partial charge in [-0.25, -0.2) is 0 Å². The molecular formula is C26H20Br2. The standard InChI is InChI=1S/C26H20Br2/c27-17-20-11-4-6-13-22(20)25-16-8-15-23(19-9-2-1-3-10-19)26(25)24-14-7-5-12-21(24)18-28/h1-16H,17-18H2. The summed E-state index contributed by atoms with van der Waals surface area (Å²) in [6.45, 7) is 0. The van der Waals surface area contributed by atoms with Crippen molar-refractivity contribution in [2.24, 2.45) is 0 Å². The largest absolute Gasteiger partial charge is 0.0876 e. The predicted molar refractivity (Wildman–Crippen MR) is 128 cm³/mol. The summed E-state index contributed by atoms with van der Waals surface area (Å²) in [7, 11) is 0. The first-order chi connectivity index (χ1) is 13.8. The van der Waals surface area contributed by atoms with Crippen LogP contribution in [0.2, 0.25) is 0 Å². The van der Waals surface area contributed by atoms with Gasteiger partial charge in [-0.2, -0.15) is 0 Å². The molecular weight excluding hydrogens is 472 g/mol. The van der Waals surface area contributed by atoms with Crippen LogP contribution >= 0.6 is 31.9 Å². The second-order valence-electron chi connectivity index (χ2n) is 6.68. The van der Waals surface area contributed by atoms with Gasteiger partial charge in [0.25, 0.3) is 0 Å². The van der Waals surface area contributed by atoms with Gasteiger partial charge in [-0.1, -0.05) is 129 Å². The molecule has 0 nitrogen and oxygen atoms in total. The summed E-state index contributed by atoms with van der Waals surface area (Å²) in [5.74, 6) is 0. The third kappa shape index (κ3) is 3.72. The maximum atomic E-state index is 3.69. The van der Waals surface area contributed by atoms with E-state index < -0.39 is 0 Å². The van der Waals surface area contributed by atoms with Crippen LogP contribution in [0, 0.1) is 0 Å². The lowest BCUT2D eigenvalue weighted by atomic mass is 9.85. The Bertz CT molecular complexity index is 1080. The maximum absolute atomic E-state index is 3.69. The van der Waals surface area contributed by atoms with Crippen molar-refractivity contribution in [3.05, 3.63) is 108 Å². The van der Waals surface area contributed by atoms with Gasteiger partial charge in [0.05, 0.1) is 0 Å². The minimum absolute atomic E-state index is 0.825. The topological polar surface area (TPSA) is 0 Å². The highest BCUT2D eigenvalue weighted by Gasteiger charge is 2.17. The minimum atomic E-state index is 0.825. The smallest absolute Gasteiger partial charge is 0.0289 e. The van der Waals surface area contributed by atoms with Crippen LogP contribution in [-0.2, 0) is 10.7 Å². The molecule has 0 saturated carbocycles. The minimum Gasteiger partial charge on any atom is -0.0876 e. The number of hydrogen-bond donors (Lipinski definition) is 0. The van der Waals surface area contributed by atoms with Crippen molar-refractivity contribution in [1.82, 2.24) is 0 Å². The van der Waals surface area contributed by atoms with Crippen LogP contribution < -0.4 is 0 Å². The fourth-order valence-electron chi connectivity index (χ4n) is 3.71. The number of alkyl halides is 2. The van der Waals surface area contributed by atoms with Gasteiger partial charge in [0.2, 0.25) is 0 Å². The van der Waals surface area contributed by atoms with Crippen molar-refractivity contribution in [2.75, 3.05) is 0 Å². The normalized spacial score (nSPS) is 10.8. The van der Waals surface area contributed by atoms with Crippen LogP contribution in [0.3, 0.4) is 0 Å². The Labute approximate surface area is 183 Å². The molecule has 0 amide bonds. The van der Waals surface area contributed by atoms with Crippen LogP contribution in [0.1, 0.15) is 11.1 Å². The SMILES string of the molecule is BrCc1ccccc1-c1cccc(-c2ccccc2)c1-c1ccccc1CBr. The van der Waals surface area contributed by atoms with E-state index in [0.29, 0.717) is 0 Å². The van der Waals surface area contributed by atoms with E-state index in [9.17, 15) is 0 Å². The maximum Gasteiger partial charge on any atom is 0.0289 e. The monoisotopic (exact) mass is 490 g/mol. The highest BCUT2D eigenvalue weighted by atomic mass is 79.9. The average molecular weight is 492 g/mol. The van der Waals surface area contributed by atoms with Crippen molar-refractivity contribution < 1.29 is 0 Å². The fourth-order valence-corrected chi connectivity index (χ4v) is 4.68. The predicted octanol–water partition coefficient (Wildman–Crippen LogP) is 8.48. The summed E-state index contributed by atoms with van der Waals surface area (Å²) in [6.07, 6.45) is 0. The molecule has 0 aliphatic heterocycles. The Morgan fingerprint density at radius 2 is 0.929 bits per heavy atom. The molecule has 0 aliphatic carbocycles. The Kier molecular flexibility index (Phi) is 6.09. The second-order valence-corrected chi connectivity index (χ2v) is 7.80. The molecule has 0 fully saturated rings. The summed E-state index contributed by atoms with van der Waals surface area (Å²) in [6, 6.07) is 34.6. The van der Waals surface area contributed by atoms with Crippen molar-refractivity contribution in [2.45, 2.75) is 10.7 Å². The van der Waals surface area contributed by atoms with Crippen molar-refractivity contribution in [3.63, 3.8) is 0 Å². The van der Waals surface area contributed by atoms with E-state index >= 15 is 0 Å². The van der Waals surface area contributed by atoms with E-state index in [1.807, 2.05) is 0 Å². The average Bonchev–Trinajstić information content (AvgIpc) is 2.79. The molecule has 0 atom stereocenters. The van der Waals surface area contributed by atoms with Crippen molar-refractivity contribution in [1.29, 1.82) is 0 Å². The van der Waals surface area contributed by atoms with Crippen LogP contribution in [0.5, 0.6) is 0 Å². The molecule has 0 unspecified atom stereocenters. The first kappa shape index (κ1) is 19.2. The van der Waals surface area contributed by atoms with Gasteiger partial charge in [-0.15, -0.1) is 0 Å². The molecule has 0 bridgehead atoms. The number of benzene rings is 4. The zero-order chi connectivity index (χ0) is 19.3. The molecule has 4 rings (SSSR count). The van der Waals surface area contributed by atoms with Gasteiger partial charge >= 0.3 is 0 Å². The molecule has 4 aromatic carbocycles. The Morgan fingerprint density at radius 3 is 1.61 bits per heavy atom. The van der Waals surface area contributed by atoms with E-state index in [1.165, 1.54) is 44.5 Å². The number of halogens is 2. The molecule has 0 saturated heterocycles. The lowest BCUT2D eigenvalue weighted by Gasteiger charge is -2.19. The van der Waals surface area contributed by atoms with Gasteiger partial charge in [0, 0.05) is 10.7 Å². The Morgan fingerprint density at radius 1 is 0.429 bits per heavy atom. The van der Waals surface area contributed by atoms with E-state index in [4.69, 9.17) is 0 Å². The van der Waals surface area contributed by atoms with Gasteiger partial charge < -0.3 is 0 Å². The van der Waals surface area contributed by atoms with Gasteiger partial charge in [-0.3, -0.25) is 0 Å². The zero-order valence-corrected chi connectivity index (χ0v) is 18.6. The zero-order valence-electron chi connectivity index (χ0n) is 15.4. The Hall–Kier alpha value is -2.16. The first-order valence-corrected chi connectivity index (χ1v) is 11.5. The summed E-state index contributed by atoms with van der Waals surface area (Å²) in [5.41, 5.74) is 10.2. The summed E-state index contributed by atoms with van der Waals surface area (Å²) >= 11 is 7.36. The molecule has 0 spiro atoms. The van der Waals surface area contributed by atoms with Gasteiger partial charge in [-0.05, 0) is 44.5 Å². The molecule has 0 aliphatic rings. The van der Waals surface area contributed by atoms with E-state index in [-0.39, 0.29) is 0 Å². The quantitative estimate of drug-likeness (QED) is 0.245. The van der Waals surface area contributed by atoms with Crippen LogP contribution in [-0.4, -0.2) is 0 Å². The third-order valence-corrected chi connectivity index (χ3v) is 6.24. The van der Waals surface area contributed by atoms with E-state index in [0.717, 1.165) is 10.7 Å². The molecule has 28 heavy (non-hydrogen) atoms. The van der Waals surface area contributed by atoms with Crippen molar-refractivity contribution >= 4 is 31.9 Å². The van der Waals surface area contributed by atoms with Gasteiger partial charge in [0.1, 0.15) is 0 Å². The van der Waals surface area contributed by atoms with E-state index in [1.54, 1.807) is 0 Å². The molecule has 0 N–H and O–H groups in total. The molecule has 2 heteroatoms. The van der Waals surface area contributed by atoms with Gasteiger partial charge in [0.15, 0.2) is 0 Å². The Balaban J connectivity index is 2.08. The molecule has 0 radical (unpaired) electrons. The van der Waals surface area contributed by atoms with Crippen molar-refractivity contribution in [3.8, 4) is 33.4 Å². The molecule has 138 valence electrons. The van der Waals surface area contributed by atoms with Crippen LogP contribution in [0.15, 0.2) is 97.1 Å². The summed E-state index contributed by atoms with van der Waals surface area (Å²) < 4.78 is 0.